The predicted octanol–water partition coefficient (Wildman–Crippen LogP) is 3.83. The lowest BCUT2D eigenvalue weighted by atomic mass is 10.1. The van der Waals surface area contributed by atoms with Gasteiger partial charge in [-0.1, -0.05) is 42.5 Å². The van der Waals surface area contributed by atoms with E-state index in [1.54, 1.807) is 42.6 Å². The summed E-state index contributed by atoms with van der Waals surface area (Å²) in [6, 6.07) is 22.5. The summed E-state index contributed by atoms with van der Waals surface area (Å²) in [5.74, 6) is -0.344. The molecular formula is C27H23N7O3S. The molecule has 5 aromatic rings. The largest absolute Gasteiger partial charge is 0.494 e. The molecule has 0 spiro atoms. The summed E-state index contributed by atoms with van der Waals surface area (Å²) in [6.07, 6.45) is 2.99. The second-order valence-corrected chi connectivity index (χ2v) is 9.10. The predicted molar refractivity (Wildman–Crippen MR) is 142 cm³/mol. The van der Waals surface area contributed by atoms with Crippen LogP contribution in [0.1, 0.15) is 27.0 Å². The first-order valence-corrected chi connectivity index (χ1v) is 12.5. The maximum absolute atomic E-state index is 14.0. The zero-order chi connectivity index (χ0) is 26.3. The Balaban J connectivity index is 1.59. The lowest BCUT2D eigenvalue weighted by Gasteiger charge is -2.31. The van der Waals surface area contributed by atoms with Crippen LogP contribution >= 0.6 is 11.3 Å². The fourth-order valence-corrected chi connectivity index (χ4v) is 4.79. The van der Waals surface area contributed by atoms with Crippen molar-refractivity contribution in [1.82, 2.24) is 30.5 Å². The number of ether oxygens (including phenoxy) is 1. The molecule has 1 N–H and O–H groups in total. The number of nitrogens with zero attached hydrogens (tertiary/aromatic N) is 6. The molecule has 5 rings (SSSR count). The molecule has 11 heteroatoms. The van der Waals surface area contributed by atoms with Crippen molar-refractivity contribution in [2.75, 3.05) is 12.0 Å². The molecule has 3 aromatic heterocycles. The van der Waals surface area contributed by atoms with Crippen LogP contribution in [0.5, 0.6) is 5.75 Å². The molecule has 0 radical (unpaired) electrons. The Morgan fingerprint density at radius 1 is 1.05 bits per heavy atom. The fraction of sp³-hybridized carbons (Fsp3) is 0.111. The van der Waals surface area contributed by atoms with E-state index in [9.17, 15) is 9.59 Å². The summed E-state index contributed by atoms with van der Waals surface area (Å²) in [4.78, 5) is 34.2. The number of tetrazole rings is 1. The number of anilines is 1. The summed E-state index contributed by atoms with van der Waals surface area (Å²) in [6.45, 7) is 0.314. The quantitative estimate of drug-likeness (QED) is 0.311. The van der Waals surface area contributed by atoms with Gasteiger partial charge in [-0.3, -0.25) is 19.5 Å². The lowest BCUT2D eigenvalue weighted by molar-refractivity contribution is -0.122. The number of carbonyl (C=O) groups is 2. The first-order valence-electron chi connectivity index (χ1n) is 11.7. The van der Waals surface area contributed by atoms with Crippen LogP contribution in [0.15, 0.2) is 96.8 Å². The number of methoxy groups -OCH3 is 1. The number of rotatable bonds is 9. The van der Waals surface area contributed by atoms with Gasteiger partial charge in [0.1, 0.15) is 23.5 Å². The summed E-state index contributed by atoms with van der Waals surface area (Å²) in [7, 11) is 1.52. The van der Waals surface area contributed by atoms with E-state index in [4.69, 9.17) is 4.74 Å². The third-order valence-electron chi connectivity index (χ3n) is 5.77. The van der Waals surface area contributed by atoms with Crippen molar-refractivity contribution >= 4 is 28.8 Å². The average molecular weight is 526 g/mol. The fourth-order valence-electron chi connectivity index (χ4n) is 3.98. The van der Waals surface area contributed by atoms with Crippen molar-refractivity contribution in [2.45, 2.75) is 12.6 Å². The monoisotopic (exact) mass is 525 g/mol. The number of benzene rings is 2. The molecule has 2 amide bonds. The number of hydrogen-bond donors (Lipinski definition) is 1. The van der Waals surface area contributed by atoms with Crippen LogP contribution in [-0.2, 0) is 11.3 Å². The number of aromatic nitrogens is 5. The highest BCUT2D eigenvalue weighted by Crippen LogP contribution is 2.35. The van der Waals surface area contributed by atoms with Gasteiger partial charge >= 0.3 is 0 Å². The Morgan fingerprint density at radius 2 is 1.89 bits per heavy atom. The minimum atomic E-state index is -0.961. The van der Waals surface area contributed by atoms with Crippen LogP contribution in [0.4, 0.5) is 5.69 Å². The summed E-state index contributed by atoms with van der Waals surface area (Å²) >= 11 is 1.39. The van der Waals surface area contributed by atoms with Gasteiger partial charge in [-0.2, -0.15) is 4.68 Å². The summed E-state index contributed by atoms with van der Waals surface area (Å²) in [5, 5.41) is 16.2. The second kappa shape index (κ2) is 11.4. The first-order chi connectivity index (χ1) is 18.7. The first kappa shape index (κ1) is 24.8. The van der Waals surface area contributed by atoms with Gasteiger partial charge in [-0.25, -0.2) is 0 Å². The third-order valence-corrected chi connectivity index (χ3v) is 6.69. The molecule has 0 bridgehead atoms. The SMILES string of the molecule is COc1cc(N(C(=O)c2ccccn2)[C@@H](C(=O)NCc2ccccc2)c2cccs2)ccc1-n1cnnn1. The molecule has 0 fully saturated rings. The average Bonchev–Trinajstić information content (AvgIpc) is 3.70. The third kappa shape index (κ3) is 5.27. The molecule has 0 saturated carbocycles. The molecule has 190 valence electrons. The van der Waals surface area contributed by atoms with Gasteiger partial charge in [0.25, 0.3) is 5.91 Å². The smallest absolute Gasteiger partial charge is 0.277 e. The zero-order valence-electron chi connectivity index (χ0n) is 20.3. The van der Waals surface area contributed by atoms with Gasteiger partial charge in [0.05, 0.1) is 7.11 Å². The van der Waals surface area contributed by atoms with E-state index < -0.39 is 11.9 Å². The number of nitrogens with one attached hydrogen (secondary N) is 1. The number of thiophene rings is 1. The van der Waals surface area contributed by atoms with Gasteiger partial charge in [0.15, 0.2) is 6.04 Å². The number of amides is 2. The molecule has 38 heavy (non-hydrogen) atoms. The van der Waals surface area contributed by atoms with E-state index in [1.807, 2.05) is 47.8 Å². The van der Waals surface area contributed by atoms with Crippen molar-refractivity contribution in [2.24, 2.45) is 0 Å². The molecule has 3 heterocycles. The Labute approximate surface area is 222 Å². The minimum Gasteiger partial charge on any atom is -0.494 e. The molecule has 1 atom stereocenters. The van der Waals surface area contributed by atoms with Gasteiger partial charge in [-0.15, -0.1) is 16.4 Å². The highest BCUT2D eigenvalue weighted by atomic mass is 32.1. The molecule has 10 nitrogen and oxygen atoms in total. The van der Waals surface area contributed by atoms with E-state index in [0.717, 1.165) is 5.56 Å². The molecule has 2 aromatic carbocycles. The standard InChI is InChI=1S/C27H23N7O3S/c1-37-23-16-20(12-13-22(23)33-18-30-31-32-33)34(27(36)21-10-5-6-14-28-21)25(24-11-7-15-38-24)26(35)29-17-19-8-3-2-4-9-19/h2-16,18,25H,17H2,1H3,(H,29,35)/t25-/m1/s1. The summed E-state index contributed by atoms with van der Waals surface area (Å²) in [5.41, 5.74) is 2.17. The molecular weight excluding hydrogens is 502 g/mol. The van der Waals surface area contributed by atoms with Gasteiger partial charge in [0, 0.05) is 29.4 Å². The van der Waals surface area contributed by atoms with Crippen molar-refractivity contribution in [3.05, 3.63) is 113 Å². The van der Waals surface area contributed by atoms with Crippen LogP contribution < -0.4 is 15.0 Å². The van der Waals surface area contributed by atoms with Gasteiger partial charge in [0.2, 0.25) is 5.91 Å². The maximum atomic E-state index is 14.0. The van der Waals surface area contributed by atoms with E-state index in [2.05, 4.69) is 25.8 Å². The second-order valence-electron chi connectivity index (χ2n) is 8.12. The topological polar surface area (TPSA) is 115 Å². The lowest BCUT2D eigenvalue weighted by Crippen LogP contribution is -2.43. The van der Waals surface area contributed by atoms with Crippen molar-refractivity contribution < 1.29 is 14.3 Å². The Bertz CT molecular complexity index is 1490. The maximum Gasteiger partial charge on any atom is 0.277 e. The van der Waals surface area contributed by atoms with Crippen molar-refractivity contribution in [1.29, 1.82) is 0 Å². The van der Waals surface area contributed by atoms with E-state index in [0.29, 0.717) is 28.5 Å². The minimum absolute atomic E-state index is 0.202. The highest BCUT2D eigenvalue weighted by Gasteiger charge is 2.35. The van der Waals surface area contributed by atoms with Crippen LogP contribution in [0, 0.1) is 0 Å². The van der Waals surface area contributed by atoms with Crippen LogP contribution in [-0.4, -0.2) is 44.1 Å². The molecule has 0 aliphatic rings. The van der Waals surface area contributed by atoms with E-state index >= 15 is 0 Å². The Kier molecular flexibility index (Phi) is 7.46. The molecule has 0 aliphatic carbocycles. The highest BCUT2D eigenvalue weighted by molar-refractivity contribution is 7.10. The van der Waals surface area contributed by atoms with Crippen LogP contribution in [0.3, 0.4) is 0 Å². The van der Waals surface area contributed by atoms with Crippen LogP contribution in [0.25, 0.3) is 5.69 Å². The summed E-state index contributed by atoms with van der Waals surface area (Å²) < 4.78 is 7.07. The number of carbonyl (C=O) groups excluding carboxylic acids is 2. The van der Waals surface area contributed by atoms with Crippen molar-refractivity contribution in [3.63, 3.8) is 0 Å². The normalized spacial score (nSPS) is 11.5. The molecule has 0 unspecified atom stereocenters. The number of hydrogen-bond acceptors (Lipinski definition) is 8. The van der Waals surface area contributed by atoms with E-state index in [1.165, 1.54) is 34.4 Å². The van der Waals surface area contributed by atoms with Crippen molar-refractivity contribution in [3.8, 4) is 11.4 Å². The Morgan fingerprint density at radius 3 is 2.58 bits per heavy atom. The Hall–Kier alpha value is -4.90. The zero-order valence-corrected chi connectivity index (χ0v) is 21.2. The van der Waals surface area contributed by atoms with E-state index in [-0.39, 0.29) is 11.6 Å². The van der Waals surface area contributed by atoms with Crippen LogP contribution in [0.2, 0.25) is 0 Å². The van der Waals surface area contributed by atoms with Gasteiger partial charge < -0.3 is 10.1 Å². The number of pyridine rings is 1. The van der Waals surface area contributed by atoms with Gasteiger partial charge in [-0.05, 0) is 51.7 Å². The molecule has 0 saturated heterocycles. The molecule has 0 aliphatic heterocycles.